The van der Waals surface area contributed by atoms with Crippen LogP contribution < -0.4 is 11.2 Å². The number of phosphoric acid groups is 3. The quantitative estimate of drug-likeness (QED) is 0.140. The van der Waals surface area contributed by atoms with E-state index in [1.165, 1.54) is 0 Å². The minimum absolute atomic E-state index is 0.163. The maximum Gasteiger partial charge on any atom is 0.490 e. The van der Waals surface area contributed by atoms with Crippen molar-refractivity contribution in [3.63, 3.8) is 0 Å². The average molecular weight is 555 g/mol. The average Bonchev–Trinajstić information content (AvgIpc) is 2.91. The van der Waals surface area contributed by atoms with E-state index in [-0.39, 0.29) is 12.1 Å². The van der Waals surface area contributed by atoms with E-state index in [9.17, 15) is 38.4 Å². The number of hydrogen-bond acceptors (Lipinski definition) is 12. The fourth-order valence-electron chi connectivity index (χ4n) is 2.82. The highest BCUT2D eigenvalue weighted by atomic mass is 31.3. The lowest BCUT2D eigenvalue weighted by Gasteiger charge is -2.19. The van der Waals surface area contributed by atoms with Crippen LogP contribution in [0.25, 0.3) is 0 Å². The number of aromatic nitrogens is 2. The lowest BCUT2D eigenvalue weighted by molar-refractivity contribution is -0.0228. The first-order valence-corrected chi connectivity index (χ1v) is 13.7. The highest BCUT2D eigenvalue weighted by Crippen LogP contribution is 2.66. The second kappa shape index (κ2) is 10.9. The van der Waals surface area contributed by atoms with Crippen LogP contribution in [0.2, 0.25) is 0 Å². The van der Waals surface area contributed by atoms with Crippen LogP contribution in [0.5, 0.6) is 0 Å². The fourth-order valence-corrected chi connectivity index (χ4v) is 5.85. The minimum Gasteiger partial charge on any atom is -0.387 e. The second-order valence-corrected chi connectivity index (χ2v) is 11.7. The third kappa shape index (κ3) is 8.26. The van der Waals surface area contributed by atoms with Crippen molar-refractivity contribution >= 4 is 23.5 Å². The van der Waals surface area contributed by atoms with E-state index in [1.54, 1.807) is 19.0 Å². The van der Waals surface area contributed by atoms with Gasteiger partial charge in [0.2, 0.25) is 0 Å². The lowest BCUT2D eigenvalue weighted by atomic mass is 10.0. The number of ether oxygens (including phenoxy) is 1. The zero-order chi connectivity index (χ0) is 26.1. The summed E-state index contributed by atoms with van der Waals surface area (Å²) in [4.78, 5) is 63.7. The van der Waals surface area contributed by atoms with E-state index < -0.39 is 65.7 Å². The maximum absolute atomic E-state index is 12.2. The van der Waals surface area contributed by atoms with Crippen LogP contribution in [-0.4, -0.2) is 89.8 Å². The molecule has 1 aromatic rings. The van der Waals surface area contributed by atoms with Gasteiger partial charge in [0.1, 0.15) is 24.4 Å². The molecule has 1 aliphatic rings. The summed E-state index contributed by atoms with van der Waals surface area (Å²) in [5.41, 5.74) is -1.89. The predicted molar refractivity (Wildman–Crippen MR) is 109 cm³/mol. The van der Waals surface area contributed by atoms with Crippen molar-refractivity contribution in [2.24, 2.45) is 0 Å². The van der Waals surface area contributed by atoms with Gasteiger partial charge in [-0.25, -0.2) is 18.5 Å². The Balaban J connectivity index is 2.13. The van der Waals surface area contributed by atoms with Crippen LogP contribution in [0.15, 0.2) is 15.8 Å². The Labute approximate surface area is 190 Å². The van der Waals surface area contributed by atoms with Gasteiger partial charge in [0.25, 0.3) is 5.56 Å². The normalized spacial score (nSPS) is 27.0. The molecule has 7 N–H and O–H groups in total. The highest BCUT2D eigenvalue weighted by Gasteiger charge is 2.47. The number of hydrogen-bond donors (Lipinski definition) is 7. The first-order chi connectivity index (χ1) is 15.4. The van der Waals surface area contributed by atoms with Crippen molar-refractivity contribution in [2.75, 3.05) is 27.2 Å². The van der Waals surface area contributed by atoms with Crippen LogP contribution >= 0.6 is 23.5 Å². The SMILES string of the molecule is CN(C)CCn1cc([C@@H]2O[C@H](COP(=O)(O)OP(=O)(O)OP(=O)(O)O)C(O)C2O)c(=O)[nH]c1=O. The van der Waals surface area contributed by atoms with E-state index in [1.807, 2.05) is 4.98 Å². The van der Waals surface area contributed by atoms with Gasteiger partial charge in [0.05, 0.1) is 12.2 Å². The summed E-state index contributed by atoms with van der Waals surface area (Å²) >= 11 is 0. The molecule has 18 nitrogen and oxygen atoms in total. The van der Waals surface area contributed by atoms with Gasteiger partial charge >= 0.3 is 29.2 Å². The molecule has 1 aliphatic heterocycles. The minimum atomic E-state index is -5.75. The Bertz CT molecular complexity index is 1130. The molecule has 6 atom stereocenters. The Kier molecular flexibility index (Phi) is 9.35. The number of rotatable bonds is 11. The zero-order valence-electron chi connectivity index (χ0n) is 17.6. The summed E-state index contributed by atoms with van der Waals surface area (Å²) in [7, 11) is -13.3. The molecule has 2 heterocycles. The Hall–Kier alpha value is -1.07. The molecular weight excluding hydrogens is 531 g/mol. The summed E-state index contributed by atoms with van der Waals surface area (Å²) in [6, 6.07) is 0. The molecule has 21 heteroatoms. The van der Waals surface area contributed by atoms with Crippen LogP contribution in [0.4, 0.5) is 0 Å². The Morgan fingerprint density at radius 2 is 1.68 bits per heavy atom. The second-order valence-electron chi connectivity index (χ2n) is 7.30. The first-order valence-electron chi connectivity index (χ1n) is 9.19. The van der Waals surface area contributed by atoms with E-state index in [0.29, 0.717) is 6.54 Å². The zero-order valence-corrected chi connectivity index (χ0v) is 20.3. The number of aromatic amines is 1. The number of likely N-dealkylation sites (N-methyl/N-ethyl adjacent to an activating group) is 1. The molecule has 0 saturated carbocycles. The molecule has 1 saturated heterocycles. The molecule has 2 rings (SSSR count). The molecule has 0 spiro atoms. The molecule has 0 amide bonds. The third-order valence-corrected chi connectivity index (χ3v) is 8.12. The molecule has 1 fully saturated rings. The number of nitrogens with one attached hydrogen (secondary N) is 1. The van der Waals surface area contributed by atoms with Crippen LogP contribution in [0.1, 0.15) is 11.7 Å². The number of aliphatic hydroxyl groups is 2. The topological polar surface area (TPSA) is 268 Å². The largest absolute Gasteiger partial charge is 0.490 e. The Morgan fingerprint density at radius 1 is 1.06 bits per heavy atom. The highest BCUT2D eigenvalue weighted by molar-refractivity contribution is 7.66. The van der Waals surface area contributed by atoms with Crippen molar-refractivity contribution in [1.82, 2.24) is 14.5 Å². The van der Waals surface area contributed by atoms with Crippen molar-refractivity contribution in [1.29, 1.82) is 0 Å². The van der Waals surface area contributed by atoms with Crippen molar-refractivity contribution in [2.45, 2.75) is 31.0 Å². The molecule has 4 unspecified atom stereocenters. The van der Waals surface area contributed by atoms with E-state index in [0.717, 1.165) is 10.8 Å². The summed E-state index contributed by atoms with van der Waals surface area (Å²) in [5, 5.41) is 20.5. The molecular formula is C13H24N3O15P3. The molecule has 0 radical (unpaired) electrons. The summed E-state index contributed by atoms with van der Waals surface area (Å²) < 4.78 is 51.8. The smallest absolute Gasteiger partial charge is 0.387 e. The summed E-state index contributed by atoms with van der Waals surface area (Å²) in [6.45, 7) is -0.460. The van der Waals surface area contributed by atoms with Crippen LogP contribution in [0, 0.1) is 0 Å². The van der Waals surface area contributed by atoms with Crippen LogP contribution in [0.3, 0.4) is 0 Å². The van der Waals surface area contributed by atoms with Gasteiger partial charge < -0.3 is 39.4 Å². The number of phosphoric ester groups is 1. The van der Waals surface area contributed by atoms with Crippen molar-refractivity contribution in [3.8, 4) is 0 Å². The molecule has 0 aliphatic carbocycles. The van der Waals surface area contributed by atoms with Crippen molar-refractivity contribution in [3.05, 3.63) is 32.6 Å². The lowest BCUT2D eigenvalue weighted by Crippen LogP contribution is -2.37. The number of H-pyrrole nitrogens is 1. The number of aliphatic hydroxyl groups excluding tert-OH is 2. The van der Waals surface area contributed by atoms with Crippen LogP contribution in [-0.2, 0) is 38.1 Å². The molecule has 196 valence electrons. The van der Waals surface area contributed by atoms with Gasteiger partial charge in [-0.05, 0) is 14.1 Å². The molecule has 0 bridgehead atoms. The molecule has 34 heavy (non-hydrogen) atoms. The Morgan fingerprint density at radius 3 is 2.24 bits per heavy atom. The monoisotopic (exact) mass is 555 g/mol. The van der Waals surface area contributed by atoms with Gasteiger partial charge in [-0.3, -0.25) is 18.9 Å². The van der Waals surface area contributed by atoms with E-state index in [2.05, 4.69) is 13.1 Å². The van der Waals surface area contributed by atoms with Gasteiger partial charge in [0, 0.05) is 19.3 Å². The summed E-state index contributed by atoms with van der Waals surface area (Å²) in [6.07, 6.45) is -5.50. The van der Waals surface area contributed by atoms with Gasteiger partial charge in [-0.2, -0.15) is 8.62 Å². The molecule has 0 aromatic carbocycles. The number of nitrogens with zero attached hydrogens (tertiary/aromatic N) is 2. The fraction of sp³-hybridized carbons (Fsp3) is 0.692. The van der Waals surface area contributed by atoms with E-state index >= 15 is 0 Å². The van der Waals surface area contributed by atoms with Gasteiger partial charge in [-0.1, -0.05) is 0 Å². The first kappa shape index (κ1) is 29.2. The maximum atomic E-state index is 12.2. The van der Waals surface area contributed by atoms with Gasteiger partial charge in [-0.15, -0.1) is 0 Å². The predicted octanol–water partition coefficient (Wildman–Crippen LogP) is -2.40. The third-order valence-electron chi connectivity index (χ3n) is 4.31. The summed E-state index contributed by atoms with van der Waals surface area (Å²) in [5.74, 6) is 0. The molecule has 1 aromatic heterocycles. The van der Waals surface area contributed by atoms with Gasteiger partial charge in [0.15, 0.2) is 0 Å². The standard InChI is InChI=1S/C13H24N3O15P3/c1-15(2)3-4-16-5-7(12(19)14-13(16)20)11-10(18)9(17)8(29-11)6-28-33(24,25)31-34(26,27)30-32(21,22)23/h5,8-11,17-18H,3-4,6H2,1-2H3,(H,24,25)(H,26,27)(H,14,19,20)(H2,21,22,23)/t8-,9?,10?,11+/m1/s1. The van der Waals surface area contributed by atoms with E-state index in [4.69, 9.17) is 19.4 Å². The van der Waals surface area contributed by atoms with Crippen molar-refractivity contribution < 1.29 is 61.4 Å².